The highest BCUT2D eigenvalue weighted by Gasteiger charge is 2.67. The molecule has 6 rings (SSSR count). The van der Waals surface area contributed by atoms with Crippen molar-refractivity contribution in [2.24, 2.45) is 34.5 Å². The summed E-state index contributed by atoms with van der Waals surface area (Å²) in [5.74, 6) is 2.50. The Morgan fingerprint density at radius 3 is 2.15 bits per heavy atom. The molecule has 4 saturated carbocycles. The lowest BCUT2D eigenvalue weighted by Gasteiger charge is -2.62. The highest BCUT2D eigenvalue weighted by atomic mass is 16.5. The number of carbonyl (C=O) groups excluding carboxylic acids is 2. The normalized spacial score (nSPS) is 46.9. The van der Waals surface area contributed by atoms with E-state index in [0.717, 1.165) is 29.9 Å². The van der Waals surface area contributed by atoms with Gasteiger partial charge in [-0.3, -0.25) is 14.5 Å². The maximum absolute atomic E-state index is 12.5. The van der Waals surface area contributed by atoms with E-state index in [1.807, 2.05) is 0 Å². The van der Waals surface area contributed by atoms with Crippen LogP contribution in [-0.4, -0.2) is 78.8 Å². The molecule has 2 aliphatic heterocycles. The van der Waals surface area contributed by atoms with Gasteiger partial charge in [0, 0.05) is 31.7 Å². The van der Waals surface area contributed by atoms with Gasteiger partial charge in [-0.25, -0.2) is 0 Å². The third kappa shape index (κ3) is 4.85. The van der Waals surface area contributed by atoms with Crippen LogP contribution in [0.2, 0.25) is 0 Å². The molecular formula is C34H57N2O4+. The number of quaternary nitrogens is 1. The number of hydrogen-bond donors (Lipinski definition) is 0. The van der Waals surface area contributed by atoms with Crippen LogP contribution in [0.1, 0.15) is 111 Å². The molecule has 0 aromatic heterocycles. The first-order valence-corrected chi connectivity index (χ1v) is 17.0. The molecule has 10 atom stereocenters. The lowest BCUT2D eigenvalue weighted by molar-refractivity contribution is -0.940. The summed E-state index contributed by atoms with van der Waals surface area (Å²) in [5, 5.41) is 0. The molecule has 0 aromatic rings. The van der Waals surface area contributed by atoms with Crippen molar-refractivity contribution in [3.63, 3.8) is 0 Å². The minimum Gasteiger partial charge on any atom is -0.461 e. The van der Waals surface area contributed by atoms with Crippen molar-refractivity contribution in [2.75, 3.05) is 33.2 Å². The van der Waals surface area contributed by atoms with Crippen LogP contribution in [0.3, 0.4) is 0 Å². The predicted octanol–water partition coefficient (Wildman–Crippen LogP) is 5.97. The maximum atomic E-state index is 12.5. The summed E-state index contributed by atoms with van der Waals surface area (Å²) < 4.78 is 13.5. The average Bonchev–Trinajstić information content (AvgIpc) is 3.21. The number of carbonyl (C=O) groups is 2. The van der Waals surface area contributed by atoms with Gasteiger partial charge in [-0.2, -0.15) is 0 Å². The highest BCUT2D eigenvalue weighted by molar-refractivity contribution is 5.66. The maximum Gasteiger partial charge on any atom is 0.303 e. The summed E-state index contributed by atoms with van der Waals surface area (Å²) in [5.41, 5.74) is 0.377. The van der Waals surface area contributed by atoms with Crippen molar-refractivity contribution in [1.29, 1.82) is 0 Å². The lowest BCUT2D eigenvalue weighted by atomic mass is 9.44. The van der Waals surface area contributed by atoms with Gasteiger partial charge in [0.25, 0.3) is 0 Å². The number of esters is 2. The van der Waals surface area contributed by atoms with Gasteiger partial charge >= 0.3 is 11.9 Å². The van der Waals surface area contributed by atoms with Gasteiger partial charge in [-0.05, 0) is 113 Å². The third-order valence-corrected chi connectivity index (χ3v) is 13.7. The molecule has 2 unspecified atom stereocenters. The van der Waals surface area contributed by atoms with Gasteiger partial charge in [-0.1, -0.05) is 20.3 Å². The van der Waals surface area contributed by atoms with Crippen LogP contribution in [0.4, 0.5) is 0 Å². The summed E-state index contributed by atoms with van der Waals surface area (Å²) in [6, 6.07) is 0.796. The second kappa shape index (κ2) is 10.8. The molecule has 2 heterocycles. The van der Waals surface area contributed by atoms with Crippen molar-refractivity contribution in [1.82, 2.24) is 4.90 Å². The van der Waals surface area contributed by atoms with Gasteiger partial charge < -0.3 is 14.0 Å². The van der Waals surface area contributed by atoms with Crippen LogP contribution < -0.4 is 0 Å². The molecule has 40 heavy (non-hydrogen) atoms. The number of rotatable bonds is 4. The molecule has 6 nitrogen and oxygen atoms in total. The molecular weight excluding hydrogens is 500 g/mol. The molecule has 0 bridgehead atoms. The number of piperidine rings is 2. The smallest absolute Gasteiger partial charge is 0.303 e. The Balaban J connectivity index is 1.29. The third-order valence-electron chi connectivity index (χ3n) is 13.7. The molecule has 6 heteroatoms. The number of ether oxygens (including phenoxy) is 2. The quantitative estimate of drug-likeness (QED) is 0.315. The average molecular weight is 558 g/mol. The van der Waals surface area contributed by atoms with E-state index in [4.69, 9.17) is 9.47 Å². The first-order chi connectivity index (χ1) is 19.0. The molecule has 0 aromatic carbocycles. The summed E-state index contributed by atoms with van der Waals surface area (Å²) >= 11 is 0. The zero-order valence-electron chi connectivity index (χ0n) is 26.2. The van der Waals surface area contributed by atoms with Crippen molar-refractivity contribution in [2.45, 2.75) is 135 Å². The Hall–Kier alpha value is -1.14. The van der Waals surface area contributed by atoms with E-state index in [0.29, 0.717) is 35.3 Å². The van der Waals surface area contributed by atoms with Crippen LogP contribution in [0.5, 0.6) is 0 Å². The second-order valence-electron chi connectivity index (χ2n) is 15.8. The Bertz CT molecular complexity index is 958. The fourth-order valence-corrected chi connectivity index (χ4v) is 11.7. The molecule has 6 fully saturated rings. The molecule has 6 aliphatic rings. The molecule has 0 radical (unpaired) electrons. The Morgan fingerprint density at radius 2 is 1.48 bits per heavy atom. The predicted molar refractivity (Wildman–Crippen MR) is 156 cm³/mol. The number of hydrogen-bond acceptors (Lipinski definition) is 5. The first-order valence-electron chi connectivity index (χ1n) is 17.0. The molecule has 4 aliphatic carbocycles. The Labute approximate surface area is 243 Å². The van der Waals surface area contributed by atoms with Crippen LogP contribution in [0.25, 0.3) is 0 Å². The van der Waals surface area contributed by atoms with Crippen LogP contribution in [-0.2, 0) is 19.1 Å². The van der Waals surface area contributed by atoms with Crippen molar-refractivity contribution in [3.8, 4) is 0 Å². The van der Waals surface area contributed by atoms with E-state index in [1.54, 1.807) is 13.8 Å². The summed E-state index contributed by atoms with van der Waals surface area (Å²) in [6.45, 7) is 13.1. The Morgan fingerprint density at radius 1 is 0.800 bits per heavy atom. The summed E-state index contributed by atoms with van der Waals surface area (Å²) in [6.07, 6.45) is 16.3. The monoisotopic (exact) mass is 557 g/mol. The number of fused-ring (bicyclic) bond motifs is 5. The molecule has 2 saturated heterocycles. The van der Waals surface area contributed by atoms with Gasteiger partial charge in [-0.15, -0.1) is 0 Å². The fourth-order valence-electron chi connectivity index (χ4n) is 11.7. The summed E-state index contributed by atoms with van der Waals surface area (Å²) in [4.78, 5) is 27.4. The van der Waals surface area contributed by atoms with Crippen molar-refractivity contribution < 1.29 is 23.5 Å². The van der Waals surface area contributed by atoms with Gasteiger partial charge in [0.1, 0.15) is 12.1 Å². The van der Waals surface area contributed by atoms with E-state index >= 15 is 0 Å². The van der Waals surface area contributed by atoms with Crippen LogP contribution in [0, 0.1) is 34.5 Å². The standard InChI is InChI=1S/C34H57N2O4/c1-23(37)39-31-20-25-12-13-26-27(34(25,4)22-29(31)35-16-8-6-9-17-35)14-15-33(3)28(26)21-30(32(33)40-24(2)38)36(5)18-10-7-11-19-36/h25-32H,6-22H2,1-5H3/q+1/t25-,26?,27?,28-,29-,30-,31-,32-,33-,34-/m0/s1. The zero-order chi connectivity index (χ0) is 28.3. The fraction of sp³-hybridized carbons (Fsp3) is 0.941. The first kappa shape index (κ1) is 29.0. The van der Waals surface area contributed by atoms with Crippen molar-refractivity contribution in [3.05, 3.63) is 0 Å². The van der Waals surface area contributed by atoms with Crippen LogP contribution >= 0.6 is 0 Å². The lowest BCUT2D eigenvalue weighted by Crippen LogP contribution is -2.61. The molecule has 0 N–H and O–H groups in total. The molecule has 0 spiro atoms. The largest absolute Gasteiger partial charge is 0.461 e. The van der Waals surface area contributed by atoms with E-state index in [1.165, 1.54) is 90.1 Å². The second-order valence-corrected chi connectivity index (χ2v) is 15.8. The highest BCUT2D eigenvalue weighted by Crippen LogP contribution is 2.67. The van der Waals surface area contributed by atoms with E-state index in [2.05, 4.69) is 25.8 Å². The SMILES string of the molecule is CC(=O)O[C@H]1C[C@@H]2CCC3C(CC[C@@]4(C)[C@H]3C[C@H]([N+]3(C)CCCCC3)[C@@H]4OC(C)=O)[C@@]2(C)C[C@@H]1N1CCCCC1. The number of likely N-dealkylation sites (N-methyl/N-ethyl adjacent to an activating group) is 1. The van der Waals surface area contributed by atoms with Gasteiger partial charge in [0.2, 0.25) is 0 Å². The van der Waals surface area contributed by atoms with E-state index < -0.39 is 0 Å². The minimum absolute atomic E-state index is 0.0466. The van der Waals surface area contributed by atoms with E-state index in [9.17, 15) is 9.59 Å². The van der Waals surface area contributed by atoms with Crippen LogP contribution in [0.15, 0.2) is 0 Å². The number of nitrogens with zero attached hydrogens (tertiary/aromatic N) is 2. The zero-order valence-corrected chi connectivity index (χ0v) is 26.2. The summed E-state index contributed by atoms with van der Waals surface area (Å²) in [7, 11) is 2.47. The molecule has 226 valence electrons. The molecule has 0 amide bonds. The number of likely N-dealkylation sites (tertiary alicyclic amines) is 2. The van der Waals surface area contributed by atoms with Gasteiger partial charge in [0.15, 0.2) is 6.10 Å². The van der Waals surface area contributed by atoms with E-state index in [-0.39, 0.29) is 29.6 Å². The van der Waals surface area contributed by atoms with Gasteiger partial charge in [0.05, 0.1) is 20.1 Å². The minimum atomic E-state index is -0.111. The topological polar surface area (TPSA) is 55.8 Å². The Kier molecular flexibility index (Phi) is 7.85. The van der Waals surface area contributed by atoms with Crippen molar-refractivity contribution >= 4 is 11.9 Å².